The van der Waals surface area contributed by atoms with Crippen molar-refractivity contribution in [2.45, 2.75) is 26.7 Å². The van der Waals surface area contributed by atoms with Gasteiger partial charge in [0.2, 0.25) is 0 Å². The first-order valence-electron chi connectivity index (χ1n) is 4.73. The number of benzene rings is 1. The standard InChI is InChI=1S/C12H15Cl/c1-3-6-10(4-2)11-7-5-8-12(13)9-11/h5-9H,3-4H2,1-2H3/b10-6+. The van der Waals surface area contributed by atoms with Crippen LogP contribution in [0.3, 0.4) is 0 Å². The molecule has 0 radical (unpaired) electrons. The fourth-order valence-electron chi connectivity index (χ4n) is 1.40. The molecule has 1 heteroatoms. The zero-order valence-electron chi connectivity index (χ0n) is 8.18. The molecule has 0 fully saturated rings. The molecule has 1 rings (SSSR count). The summed E-state index contributed by atoms with van der Waals surface area (Å²) in [6.45, 7) is 4.32. The molecule has 0 heterocycles. The smallest absolute Gasteiger partial charge is 0.0412 e. The lowest BCUT2D eigenvalue weighted by Crippen LogP contribution is -1.82. The van der Waals surface area contributed by atoms with Gasteiger partial charge in [0.15, 0.2) is 0 Å². The van der Waals surface area contributed by atoms with Crippen LogP contribution in [0.5, 0.6) is 0 Å². The second-order valence-corrected chi connectivity index (χ2v) is 3.44. The molecule has 0 aliphatic carbocycles. The Balaban J connectivity index is 2.98. The average molecular weight is 195 g/mol. The molecule has 0 N–H and O–H groups in total. The van der Waals surface area contributed by atoms with E-state index in [1.54, 1.807) is 0 Å². The maximum Gasteiger partial charge on any atom is 0.0412 e. The summed E-state index contributed by atoms with van der Waals surface area (Å²) in [5.41, 5.74) is 2.63. The molecule has 1 aromatic rings. The van der Waals surface area contributed by atoms with Gasteiger partial charge in [-0.2, -0.15) is 0 Å². The van der Waals surface area contributed by atoms with Crippen LogP contribution in [0.15, 0.2) is 30.3 Å². The van der Waals surface area contributed by atoms with Crippen molar-refractivity contribution in [1.82, 2.24) is 0 Å². The lowest BCUT2D eigenvalue weighted by Gasteiger charge is -2.04. The highest BCUT2D eigenvalue weighted by Gasteiger charge is 1.98. The SMILES string of the molecule is CC/C=C(\CC)c1cccc(Cl)c1. The first-order chi connectivity index (χ1) is 6.27. The van der Waals surface area contributed by atoms with E-state index in [4.69, 9.17) is 11.6 Å². The molecule has 0 bridgehead atoms. The number of rotatable bonds is 3. The van der Waals surface area contributed by atoms with E-state index in [-0.39, 0.29) is 0 Å². The molecule has 0 amide bonds. The van der Waals surface area contributed by atoms with Crippen LogP contribution < -0.4 is 0 Å². The average Bonchev–Trinajstić information content (AvgIpc) is 2.14. The summed E-state index contributed by atoms with van der Waals surface area (Å²) in [6.07, 6.45) is 4.40. The Labute approximate surface area is 85.2 Å². The minimum Gasteiger partial charge on any atom is -0.0843 e. The molecule has 0 aromatic heterocycles. The highest BCUT2D eigenvalue weighted by Crippen LogP contribution is 2.21. The van der Waals surface area contributed by atoms with Crippen molar-refractivity contribution in [2.75, 3.05) is 0 Å². The number of allylic oxidation sites excluding steroid dienone is 2. The summed E-state index contributed by atoms with van der Waals surface area (Å²) in [6, 6.07) is 8.03. The lowest BCUT2D eigenvalue weighted by atomic mass is 10.0. The number of hydrogen-bond acceptors (Lipinski definition) is 0. The number of halogens is 1. The minimum absolute atomic E-state index is 0.813. The van der Waals surface area contributed by atoms with E-state index in [0.717, 1.165) is 17.9 Å². The molecular weight excluding hydrogens is 180 g/mol. The summed E-state index contributed by atoms with van der Waals surface area (Å²) in [4.78, 5) is 0. The van der Waals surface area contributed by atoms with E-state index in [1.165, 1.54) is 11.1 Å². The topological polar surface area (TPSA) is 0 Å². The quantitative estimate of drug-likeness (QED) is 0.663. The van der Waals surface area contributed by atoms with E-state index in [1.807, 2.05) is 18.2 Å². The van der Waals surface area contributed by atoms with Gasteiger partial charge in [0.05, 0.1) is 0 Å². The number of hydrogen-bond donors (Lipinski definition) is 0. The zero-order valence-corrected chi connectivity index (χ0v) is 8.93. The van der Waals surface area contributed by atoms with Crippen LogP contribution in [-0.4, -0.2) is 0 Å². The second-order valence-electron chi connectivity index (χ2n) is 3.00. The minimum atomic E-state index is 0.813. The molecule has 1 aromatic carbocycles. The van der Waals surface area contributed by atoms with Crippen molar-refractivity contribution < 1.29 is 0 Å². The van der Waals surface area contributed by atoms with E-state index >= 15 is 0 Å². The third kappa shape index (κ3) is 2.89. The Morgan fingerprint density at radius 2 is 2.15 bits per heavy atom. The van der Waals surface area contributed by atoms with Gasteiger partial charge in [0.1, 0.15) is 0 Å². The summed E-state index contributed by atoms with van der Waals surface area (Å²) in [5, 5.41) is 0.813. The van der Waals surface area contributed by atoms with Crippen molar-refractivity contribution in [1.29, 1.82) is 0 Å². The molecule has 0 atom stereocenters. The Kier molecular flexibility index (Phi) is 4.04. The molecule has 0 aliphatic rings. The van der Waals surface area contributed by atoms with Crippen LogP contribution in [0.25, 0.3) is 5.57 Å². The maximum absolute atomic E-state index is 5.92. The Morgan fingerprint density at radius 3 is 2.69 bits per heavy atom. The summed E-state index contributed by atoms with van der Waals surface area (Å²) in [5.74, 6) is 0. The fourth-order valence-corrected chi connectivity index (χ4v) is 1.59. The van der Waals surface area contributed by atoms with Crippen molar-refractivity contribution in [3.8, 4) is 0 Å². The third-order valence-electron chi connectivity index (χ3n) is 2.03. The third-order valence-corrected chi connectivity index (χ3v) is 2.26. The van der Waals surface area contributed by atoms with Crippen LogP contribution in [0, 0.1) is 0 Å². The van der Waals surface area contributed by atoms with Gasteiger partial charge in [-0.1, -0.05) is 43.7 Å². The van der Waals surface area contributed by atoms with Crippen molar-refractivity contribution >= 4 is 17.2 Å². The summed E-state index contributed by atoms with van der Waals surface area (Å²) >= 11 is 5.92. The van der Waals surface area contributed by atoms with Gasteiger partial charge in [0, 0.05) is 5.02 Å². The van der Waals surface area contributed by atoms with Crippen LogP contribution in [-0.2, 0) is 0 Å². The second kappa shape index (κ2) is 5.08. The molecule has 0 saturated carbocycles. The van der Waals surface area contributed by atoms with Crippen LogP contribution in [0.4, 0.5) is 0 Å². The molecule has 13 heavy (non-hydrogen) atoms. The van der Waals surface area contributed by atoms with Gasteiger partial charge in [-0.25, -0.2) is 0 Å². The van der Waals surface area contributed by atoms with Gasteiger partial charge in [-0.05, 0) is 36.1 Å². The van der Waals surface area contributed by atoms with E-state index < -0.39 is 0 Å². The lowest BCUT2D eigenvalue weighted by molar-refractivity contribution is 1.17. The Morgan fingerprint density at radius 1 is 1.38 bits per heavy atom. The van der Waals surface area contributed by atoms with Gasteiger partial charge in [-0.15, -0.1) is 0 Å². The van der Waals surface area contributed by atoms with Crippen LogP contribution >= 0.6 is 11.6 Å². The molecule has 0 aliphatic heterocycles. The van der Waals surface area contributed by atoms with E-state index in [9.17, 15) is 0 Å². The Bertz CT molecular complexity index is 300. The summed E-state index contributed by atoms with van der Waals surface area (Å²) < 4.78 is 0. The van der Waals surface area contributed by atoms with Crippen molar-refractivity contribution in [3.05, 3.63) is 40.9 Å². The molecule has 70 valence electrons. The molecule has 0 saturated heterocycles. The molecule has 0 spiro atoms. The predicted molar refractivity (Wildman–Crippen MR) is 60.0 cm³/mol. The first kappa shape index (κ1) is 10.3. The largest absolute Gasteiger partial charge is 0.0843 e. The fraction of sp³-hybridized carbons (Fsp3) is 0.333. The normalized spacial score (nSPS) is 11.8. The van der Waals surface area contributed by atoms with E-state index in [0.29, 0.717) is 0 Å². The monoisotopic (exact) mass is 194 g/mol. The van der Waals surface area contributed by atoms with E-state index in [2.05, 4.69) is 26.0 Å². The molecule has 0 unspecified atom stereocenters. The van der Waals surface area contributed by atoms with Crippen molar-refractivity contribution in [2.24, 2.45) is 0 Å². The van der Waals surface area contributed by atoms with Gasteiger partial charge < -0.3 is 0 Å². The summed E-state index contributed by atoms with van der Waals surface area (Å²) in [7, 11) is 0. The molecular formula is C12H15Cl. The molecule has 0 nitrogen and oxygen atoms in total. The van der Waals surface area contributed by atoms with Crippen LogP contribution in [0.2, 0.25) is 5.02 Å². The first-order valence-corrected chi connectivity index (χ1v) is 5.10. The van der Waals surface area contributed by atoms with Gasteiger partial charge in [0.25, 0.3) is 0 Å². The van der Waals surface area contributed by atoms with Crippen molar-refractivity contribution in [3.63, 3.8) is 0 Å². The Hall–Kier alpha value is -0.750. The van der Waals surface area contributed by atoms with Gasteiger partial charge in [-0.3, -0.25) is 0 Å². The predicted octanol–water partition coefficient (Wildman–Crippen LogP) is 4.54. The maximum atomic E-state index is 5.92. The highest BCUT2D eigenvalue weighted by atomic mass is 35.5. The zero-order chi connectivity index (χ0) is 9.68. The van der Waals surface area contributed by atoms with Crippen LogP contribution in [0.1, 0.15) is 32.3 Å². The highest BCUT2D eigenvalue weighted by molar-refractivity contribution is 6.30. The van der Waals surface area contributed by atoms with Gasteiger partial charge >= 0.3 is 0 Å².